The molecule has 9 heteroatoms. The number of benzene rings is 1. The van der Waals surface area contributed by atoms with Crippen molar-refractivity contribution in [2.75, 3.05) is 19.0 Å². The minimum absolute atomic E-state index is 0.236. The Balaban J connectivity index is 1.57. The molecule has 0 bridgehead atoms. The van der Waals surface area contributed by atoms with Gasteiger partial charge in [0.15, 0.2) is 5.82 Å². The largest absolute Gasteiger partial charge is 0.497 e. The van der Waals surface area contributed by atoms with Crippen LogP contribution in [0.25, 0.3) is 0 Å². The van der Waals surface area contributed by atoms with Gasteiger partial charge in [-0.2, -0.15) is 0 Å². The van der Waals surface area contributed by atoms with Crippen LogP contribution in [0.1, 0.15) is 29.7 Å². The van der Waals surface area contributed by atoms with Gasteiger partial charge in [0, 0.05) is 6.07 Å². The molecule has 1 aliphatic heterocycles. The Bertz CT molecular complexity index is 969. The first-order valence-electron chi connectivity index (χ1n) is 8.97. The standard InChI is InChI=1S/C19H20N4O5/c1-11-8-15(22-28-11)20-16(24)10-23-17(25)19(21-18(23)26)7-3-4-12-9-13(27-2)5-6-14(12)19/h5-6,8-9H,3-4,7,10H2,1-2H3,(H,21,26)(H,20,22,24)/t19-/m0/s1. The quantitative estimate of drug-likeness (QED) is 0.776. The molecule has 2 aromatic rings. The molecule has 4 rings (SSSR count). The Kier molecular flexibility index (Phi) is 4.29. The SMILES string of the molecule is COc1ccc2c(c1)CCC[C@]21NC(=O)N(CC(=O)Nc2cc(C)on2)C1=O. The van der Waals surface area contributed by atoms with E-state index in [2.05, 4.69) is 15.8 Å². The summed E-state index contributed by atoms with van der Waals surface area (Å²) in [6.45, 7) is 1.29. The van der Waals surface area contributed by atoms with E-state index in [-0.39, 0.29) is 5.82 Å². The van der Waals surface area contributed by atoms with Crippen LogP contribution in [0, 0.1) is 6.92 Å². The third-order valence-electron chi connectivity index (χ3n) is 5.14. The Morgan fingerprint density at radius 3 is 2.93 bits per heavy atom. The zero-order chi connectivity index (χ0) is 19.9. The number of nitrogens with one attached hydrogen (secondary N) is 2. The van der Waals surface area contributed by atoms with Crippen LogP contribution in [0.3, 0.4) is 0 Å². The van der Waals surface area contributed by atoms with E-state index >= 15 is 0 Å². The summed E-state index contributed by atoms with van der Waals surface area (Å²) in [5.74, 6) is 0.527. The lowest BCUT2D eigenvalue weighted by Gasteiger charge is -2.33. The van der Waals surface area contributed by atoms with Crippen molar-refractivity contribution in [2.45, 2.75) is 31.7 Å². The molecular formula is C19H20N4O5. The number of urea groups is 1. The van der Waals surface area contributed by atoms with E-state index in [9.17, 15) is 14.4 Å². The third kappa shape index (κ3) is 2.88. The molecule has 1 aromatic carbocycles. The van der Waals surface area contributed by atoms with Crippen molar-refractivity contribution in [3.05, 3.63) is 41.2 Å². The molecule has 1 saturated heterocycles. The van der Waals surface area contributed by atoms with Crippen LogP contribution < -0.4 is 15.4 Å². The summed E-state index contributed by atoms with van der Waals surface area (Å²) in [6.07, 6.45) is 2.02. The van der Waals surface area contributed by atoms with Gasteiger partial charge in [-0.1, -0.05) is 11.2 Å². The van der Waals surface area contributed by atoms with Gasteiger partial charge in [0.25, 0.3) is 5.91 Å². The van der Waals surface area contributed by atoms with Gasteiger partial charge in [-0.25, -0.2) is 4.79 Å². The number of ether oxygens (including phenoxy) is 1. The maximum absolute atomic E-state index is 13.2. The van der Waals surface area contributed by atoms with Gasteiger partial charge in [0.1, 0.15) is 23.6 Å². The summed E-state index contributed by atoms with van der Waals surface area (Å²) in [5.41, 5.74) is 0.582. The molecule has 1 spiro atoms. The second-order valence-corrected chi connectivity index (χ2v) is 6.97. The molecule has 0 saturated carbocycles. The average Bonchev–Trinajstić information content (AvgIpc) is 3.18. The predicted molar refractivity (Wildman–Crippen MR) is 97.7 cm³/mol. The minimum Gasteiger partial charge on any atom is -0.497 e. The number of fused-ring (bicyclic) bond motifs is 2. The number of rotatable bonds is 4. The van der Waals surface area contributed by atoms with Crippen LogP contribution in [-0.4, -0.2) is 41.6 Å². The van der Waals surface area contributed by atoms with Crippen LogP contribution >= 0.6 is 0 Å². The number of anilines is 1. The van der Waals surface area contributed by atoms with E-state index in [1.54, 1.807) is 26.2 Å². The highest BCUT2D eigenvalue weighted by Crippen LogP contribution is 2.41. The van der Waals surface area contributed by atoms with Gasteiger partial charge in [0.2, 0.25) is 5.91 Å². The minimum atomic E-state index is -1.14. The lowest BCUT2D eigenvalue weighted by atomic mass is 9.76. The summed E-state index contributed by atoms with van der Waals surface area (Å²) in [7, 11) is 1.58. The predicted octanol–water partition coefficient (Wildman–Crippen LogP) is 1.71. The summed E-state index contributed by atoms with van der Waals surface area (Å²) < 4.78 is 10.2. The topological polar surface area (TPSA) is 114 Å². The van der Waals surface area contributed by atoms with Gasteiger partial charge in [-0.15, -0.1) is 0 Å². The zero-order valence-corrected chi connectivity index (χ0v) is 15.6. The van der Waals surface area contributed by atoms with Crippen molar-refractivity contribution in [1.82, 2.24) is 15.4 Å². The van der Waals surface area contributed by atoms with Crippen molar-refractivity contribution < 1.29 is 23.6 Å². The Morgan fingerprint density at radius 2 is 2.21 bits per heavy atom. The second kappa shape index (κ2) is 6.66. The molecule has 2 N–H and O–H groups in total. The first-order valence-corrected chi connectivity index (χ1v) is 8.97. The van der Waals surface area contributed by atoms with Gasteiger partial charge in [0.05, 0.1) is 7.11 Å². The van der Waals surface area contributed by atoms with E-state index < -0.39 is 29.9 Å². The van der Waals surface area contributed by atoms with Crippen molar-refractivity contribution in [2.24, 2.45) is 0 Å². The van der Waals surface area contributed by atoms with Crippen LogP contribution in [0.15, 0.2) is 28.8 Å². The normalized spacial score (nSPS) is 20.9. The molecule has 1 fully saturated rings. The van der Waals surface area contributed by atoms with Crippen molar-refractivity contribution in [1.29, 1.82) is 0 Å². The molecule has 1 atom stereocenters. The lowest BCUT2D eigenvalue weighted by Crippen LogP contribution is -2.47. The van der Waals surface area contributed by atoms with E-state index in [0.29, 0.717) is 17.9 Å². The molecule has 28 heavy (non-hydrogen) atoms. The maximum atomic E-state index is 13.2. The first kappa shape index (κ1) is 18.0. The summed E-state index contributed by atoms with van der Waals surface area (Å²) in [5, 5.41) is 9.02. The van der Waals surface area contributed by atoms with E-state index in [1.807, 2.05) is 12.1 Å². The number of imide groups is 1. The van der Waals surface area contributed by atoms with Crippen LogP contribution in [-0.2, 0) is 21.5 Å². The monoisotopic (exact) mass is 384 g/mol. The number of methoxy groups -OCH3 is 1. The lowest BCUT2D eigenvalue weighted by molar-refractivity contribution is -0.134. The van der Waals surface area contributed by atoms with E-state index in [1.165, 1.54) is 0 Å². The third-order valence-corrected chi connectivity index (χ3v) is 5.14. The molecule has 2 heterocycles. The zero-order valence-electron chi connectivity index (χ0n) is 15.6. The number of amides is 4. The molecule has 0 radical (unpaired) electrons. The van der Waals surface area contributed by atoms with Crippen LogP contribution in [0.2, 0.25) is 0 Å². The number of carbonyl (C=O) groups excluding carboxylic acids is 3. The Hall–Kier alpha value is -3.36. The number of hydrogen-bond acceptors (Lipinski definition) is 6. The maximum Gasteiger partial charge on any atom is 0.325 e. The van der Waals surface area contributed by atoms with Gasteiger partial charge >= 0.3 is 6.03 Å². The fraction of sp³-hybridized carbons (Fsp3) is 0.368. The number of aromatic nitrogens is 1. The number of nitrogens with zero attached hydrogens (tertiary/aromatic N) is 2. The highest BCUT2D eigenvalue weighted by molar-refractivity contribution is 6.10. The van der Waals surface area contributed by atoms with Crippen LogP contribution in [0.5, 0.6) is 5.75 Å². The summed E-state index contributed by atoms with van der Waals surface area (Å²) in [4.78, 5) is 39.0. The van der Waals surface area contributed by atoms with Gasteiger partial charge in [-0.05, 0) is 49.4 Å². The molecule has 2 aliphatic rings. The second-order valence-electron chi connectivity index (χ2n) is 6.97. The van der Waals surface area contributed by atoms with Crippen molar-refractivity contribution in [3.63, 3.8) is 0 Å². The summed E-state index contributed by atoms with van der Waals surface area (Å²) >= 11 is 0. The van der Waals surface area contributed by atoms with E-state index in [0.717, 1.165) is 28.9 Å². The molecule has 146 valence electrons. The number of aryl methyl sites for hydroxylation is 2. The number of hydrogen-bond donors (Lipinski definition) is 2. The van der Waals surface area contributed by atoms with E-state index in [4.69, 9.17) is 9.26 Å². The highest BCUT2D eigenvalue weighted by Gasteiger charge is 2.54. The molecular weight excluding hydrogens is 364 g/mol. The molecule has 9 nitrogen and oxygen atoms in total. The average molecular weight is 384 g/mol. The van der Waals surface area contributed by atoms with Crippen molar-refractivity contribution >= 4 is 23.7 Å². The van der Waals surface area contributed by atoms with Crippen molar-refractivity contribution in [3.8, 4) is 5.75 Å². The fourth-order valence-corrected chi connectivity index (χ4v) is 3.87. The molecule has 1 aliphatic carbocycles. The smallest absolute Gasteiger partial charge is 0.325 e. The van der Waals surface area contributed by atoms with Gasteiger partial charge < -0.3 is 19.9 Å². The Morgan fingerprint density at radius 1 is 1.39 bits per heavy atom. The van der Waals surface area contributed by atoms with Crippen LogP contribution in [0.4, 0.5) is 10.6 Å². The number of carbonyl (C=O) groups is 3. The molecule has 0 unspecified atom stereocenters. The fourth-order valence-electron chi connectivity index (χ4n) is 3.87. The first-order chi connectivity index (χ1) is 13.4. The Labute approximate surface area is 161 Å². The highest BCUT2D eigenvalue weighted by atomic mass is 16.5. The molecule has 1 aromatic heterocycles. The summed E-state index contributed by atoms with van der Waals surface area (Å²) in [6, 6.07) is 6.44. The van der Waals surface area contributed by atoms with Gasteiger partial charge in [-0.3, -0.25) is 14.5 Å². The molecule has 4 amide bonds.